The molecule has 2 aromatic carbocycles. The Morgan fingerprint density at radius 3 is 2.44 bits per heavy atom. The molecule has 0 heterocycles. The molecule has 1 N–H and O–H groups in total. The van der Waals surface area contributed by atoms with Crippen molar-refractivity contribution in [2.24, 2.45) is 0 Å². The highest BCUT2D eigenvalue weighted by Gasteiger charge is 2.17. The molecule has 2 amide bonds. The number of aryl methyl sites for hydroxylation is 1. The third kappa shape index (κ3) is 5.08. The van der Waals surface area contributed by atoms with Gasteiger partial charge in [0, 0.05) is 19.2 Å². The Bertz CT molecular complexity index is 743. The van der Waals surface area contributed by atoms with E-state index in [0.717, 1.165) is 22.6 Å². The molecule has 0 saturated heterocycles. The van der Waals surface area contributed by atoms with Gasteiger partial charge in [-0.25, -0.2) is 0 Å². The van der Waals surface area contributed by atoms with Gasteiger partial charge in [-0.2, -0.15) is 0 Å². The van der Waals surface area contributed by atoms with Gasteiger partial charge in [0.2, 0.25) is 11.8 Å². The zero-order chi connectivity index (χ0) is 18.2. The molecular formula is C20H24N2O3. The molecule has 2 rings (SSSR count). The topological polar surface area (TPSA) is 58.6 Å². The largest absolute Gasteiger partial charge is 0.496 e. The van der Waals surface area contributed by atoms with Gasteiger partial charge in [-0.15, -0.1) is 0 Å². The Morgan fingerprint density at radius 1 is 1.08 bits per heavy atom. The monoisotopic (exact) mass is 340 g/mol. The lowest BCUT2D eigenvalue weighted by Gasteiger charge is -2.22. The Hall–Kier alpha value is -2.82. The highest BCUT2D eigenvalue weighted by molar-refractivity contribution is 5.98. The number of nitrogens with zero attached hydrogens (tertiary/aromatic N) is 1. The van der Waals surface area contributed by atoms with Crippen molar-refractivity contribution in [1.82, 2.24) is 5.32 Å². The normalized spacial score (nSPS) is 10.2. The van der Waals surface area contributed by atoms with Crippen LogP contribution < -0.4 is 15.0 Å². The van der Waals surface area contributed by atoms with Crippen molar-refractivity contribution in [2.75, 3.05) is 25.1 Å². The summed E-state index contributed by atoms with van der Waals surface area (Å²) in [6, 6.07) is 15.3. The number of carbonyl (C=O) groups is 2. The maximum atomic E-state index is 12.3. The van der Waals surface area contributed by atoms with Crippen LogP contribution in [0.4, 0.5) is 5.69 Å². The summed E-state index contributed by atoms with van der Waals surface area (Å²) in [5.41, 5.74) is 2.75. The molecule has 0 aliphatic heterocycles. The minimum Gasteiger partial charge on any atom is -0.496 e. The fraction of sp³-hybridized carbons (Fsp3) is 0.300. The van der Waals surface area contributed by atoms with Crippen molar-refractivity contribution in [3.05, 3.63) is 59.7 Å². The first-order valence-electron chi connectivity index (χ1n) is 8.25. The number of amides is 2. The average molecular weight is 340 g/mol. The van der Waals surface area contributed by atoms with Crippen LogP contribution in [0.1, 0.15) is 18.1 Å². The molecule has 0 fully saturated rings. The first-order valence-corrected chi connectivity index (χ1v) is 8.25. The zero-order valence-corrected chi connectivity index (χ0v) is 14.9. The van der Waals surface area contributed by atoms with E-state index in [-0.39, 0.29) is 18.4 Å². The minimum atomic E-state index is -0.187. The Kier molecular flexibility index (Phi) is 6.57. The van der Waals surface area contributed by atoms with E-state index < -0.39 is 0 Å². The van der Waals surface area contributed by atoms with Crippen LogP contribution in [0.2, 0.25) is 0 Å². The molecule has 0 radical (unpaired) electrons. The Morgan fingerprint density at radius 2 is 1.76 bits per heavy atom. The summed E-state index contributed by atoms with van der Waals surface area (Å²) in [6.07, 6.45) is 0.667. The number of anilines is 1. The lowest BCUT2D eigenvalue weighted by molar-refractivity contribution is -0.123. The van der Waals surface area contributed by atoms with Crippen LogP contribution in [0.15, 0.2) is 48.5 Å². The molecule has 0 saturated carbocycles. The van der Waals surface area contributed by atoms with Crippen molar-refractivity contribution in [3.8, 4) is 5.75 Å². The third-order valence-corrected chi connectivity index (χ3v) is 4.00. The second kappa shape index (κ2) is 8.87. The van der Waals surface area contributed by atoms with E-state index in [9.17, 15) is 9.59 Å². The highest BCUT2D eigenvalue weighted by atomic mass is 16.5. The lowest BCUT2D eigenvalue weighted by atomic mass is 10.1. The molecule has 2 aromatic rings. The molecule has 0 atom stereocenters. The summed E-state index contributed by atoms with van der Waals surface area (Å²) in [4.78, 5) is 25.7. The van der Waals surface area contributed by atoms with Crippen molar-refractivity contribution in [3.63, 3.8) is 0 Å². The second-order valence-electron chi connectivity index (χ2n) is 5.80. The van der Waals surface area contributed by atoms with Crippen LogP contribution in [0.3, 0.4) is 0 Å². The molecule has 0 spiro atoms. The first-order chi connectivity index (χ1) is 12.0. The quantitative estimate of drug-likeness (QED) is 0.843. The van der Waals surface area contributed by atoms with E-state index in [1.165, 1.54) is 11.8 Å². The third-order valence-electron chi connectivity index (χ3n) is 4.00. The van der Waals surface area contributed by atoms with E-state index in [4.69, 9.17) is 4.74 Å². The molecule has 25 heavy (non-hydrogen) atoms. The van der Waals surface area contributed by atoms with Gasteiger partial charge in [-0.1, -0.05) is 36.4 Å². The number of rotatable bonds is 7. The standard InChI is InChI=1S/C20H24N2O3/c1-15-8-4-6-10-18(15)22(16(2)23)14-20(24)21-13-12-17-9-5-7-11-19(17)25-3/h4-11H,12-14H2,1-3H3,(H,21,24). The van der Waals surface area contributed by atoms with Gasteiger partial charge in [0.1, 0.15) is 12.3 Å². The number of ether oxygens (including phenoxy) is 1. The van der Waals surface area contributed by atoms with E-state index >= 15 is 0 Å². The number of hydrogen-bond donors (Lipinski definition) is 1. The number of para-hydroxylation sites is 2. The molecule has 132 valence electrons. The highest BCUT2D eigenvalue weighted by Crippen LogP contribution is 2.19. The molecule has 0 aliphatic rings. The van der Waals surface area contributed by atoms with E-state index in [1.54, 1.807) is 7.11 Å². The first kappa shape index (κ1) is 18.5. The van der Waals surface area contributed by atoms with Gasteiger partial charge >= 0.3 is 0 Å². The molecule has 5 nitrogen and oxygen atoms in total. The summed E-state index contributed by atoms with van der Waals surface area (Å²) in [7, 11) is 1.63. The minimum absolute atomic E-state index is 0.00606. The van der Waals surface area contributed by atoms with Gasteiger partial charge in [0.15, 0.2) is 0 Å². The van der Waals surface area contributed by atoms with Crippen molar-refractivity contribution >= 4 is 17.5 Å². The molecule has 5 heteroatoms. The van der Waals surface area contributed by atoms with Gasteiger partial charge in [0.25, 0.3) is 0 Å². The van der Waals surface area contributed by atoms with Crippen LogP contribution in [-0.4, -0.2) is 32.0 Å². The number of methoxy groups -OCH3 is 1. The fourth-order valence-corrected chi connectivity index (χ4v) is 2.68. The maximum absolute atomic E-state index is 12.3. The van der Waals surface area contributed by atoms with Gasteiger partial charge < -0.3 is 15.0 Å². The predicted molar refractivity (Wildman–Crippen MR) is 98.9 cm³/mol. The number of carbonyl (C=O) groups excluding carboxylic acids is 2. The molecular weight excluding hydrogens is 316 g/mol. The number of benzene rings is 2. The molecule has 0 aliphatic carbocycles. The van der Waals surface area contributed by atoms with E-state index in [0.29, 0.717) is 13.0 Å². The summed E-state index contributed by atoms with van der Waals surface area (Å²) in [6.45, 7) is 3.88. The average Bonchev–Trinajstić information content (AvgIpc) is 2.60. The van der Waals surface area contributed by atoms with Gasteiger partial charge in [-0.3, -0.25) is 9.59 Å². The van der Waals surface area contributed by atoms with Crippen molar-refractivity contribution in [2.45, 2.75) is 20.3 Å². The Balaban J connectivity index is 1.94. The predicted octanol–water partition coefficient (Wildman–Crippen LogP) is 2.72. The SMILES string of the molecule is COc1ccccc1CCNC(=O)CN(C(C)=O)c1ccccc1C. The summed E-state index contributed by atoms with van der Waals surface area (Å²) in [5, 5.41) is 2.87. The smallest absolute Gasteiger partial charge is 0.240 e. The summed E-state index contributed by atoms with van der Waals surface area (Å²) < 4.78 is 5.30. The number of nitrogens with one attached hydrogen (secondary N) is 1. The summed E-state index contributed by atoms with van der Waals surface area (Å²) in [5.74, 6) is 0.463. The van der Waals surface area contributed by atoms with Gasteiger partial charge in [0.05, 0.1) is 7.11 Å². The van der Waals surface area contributed by atoms with Crippen LogP contribution in [0, 0.1) is 6.92 Å². The van der Waals surface area contributed by atoms with Crippen LogP contribution >= 0.6 is 0 Å². The zero-order valence-electron chi connectivity index (χ0n) is 14.9. The van der Waals surface area contributed by atoms with Crippen LogP contribution in [0.5, 0.6) is 5.75 Å². The lowest BCUT2D eigenvalue weighted by Crippen LogP contribution is -2.40. The maximum Gasteiger partial charge on any atom is 0.240 e. The summed E-state index contributed by atoms with van der Waals surface area (Å²) >= 11 is 0. The van der Waals surface area contributed by atoms with Gasteiger partial charge in [-0.05, 0) is 36.6 Å². The van der Waals surface area contributed by atoms with Crippen LogP contribution in [-0.2, 0) is 16.0 Å². The fourth-order valence-electron chi connectivity index (χ4n) is 2.68. The van der Waals surface area contributed by atoms with Crippen LogP contribution in [0.25, 0.3) is 0 Å². The molecule has 0 bridgehead atoms. The van der Waals surface area contributed by atoms with Crippen molar-refractivity contribution in [1.29, 1.82) is 0 Å². The Labute approximate surface area is 148 Å². The molecule has 0 aromatic heterocycles. The van der Waals surface area contributed by atoms with Crippen molar-refractivity contribution < 1.29 is 14.3 Å². The number of hydrogen-bond acceptors (Lipinski definition) is 3. The second-order valence-corrected chi connectivity index (χ2v) is 5.80. The van der Waals surface area contributed by atoms with E-state index in [1.807, 2.05) is 55.5 Å². The molecule has 0 unspecified atom stereocenters. The van der Waals surface area contributed by atoms with E-state index in [2.05, 4.69) is 5.32 Å².